The van der Waals surface area contributed by atoms with Crippen LogP contribution in [0, 0.1) is 0 Å². The molecule has 1 aromatic heterocycles. The number of nitrogens with zero attached hydrogens (tertiary/aromatic N) is 1. The zero-order valence-corrected chi connectivity index (χ0v) is 16.2. The summed E-state index contributed by atoms with van der Waals surface area (Å²) in [6, 6.07) is 7.99. The Bertz CT molecular complexity index is 1230. The molecule has 0 spiro atoms. The van der Waals surface area contributed by atoms with Gasteiger partial charge in [-0.25, -0.2) is 9.36 Å². The summed E-state index contributed by atoms with van der Waals surface area (Å²) < 4.78 is 49.0. The van der Waals surface area contributed by atoms with E-state index in [9.17, 15) is 27.6 Å². The largest absolute Gasteiger partial charge is 0.493 e. The quantitative estimate of drug-likeness (QED) is 0.642. The van der Waals surface area contributed by atoms with Crippen molar-refractivity contribution in [3.05, 3.63) is 80.6 Å². The van der Waals surface area contributed by atoms with Crippen LogP contribution in [-0.4, -0.2) is 29.7 Å². The topological polar surface area (TPSA) is 102 Å². The molecule has 0 fully saturated rings. The number of carbonyl (C=O) groups is 1. The number of aromatic amines is 1. The third kappa shape index (κ3) is 4.44. The molecule has 3 aromatic rings. The van der Waals surface area contributed by atoms with Crippen LogP contribution in [0.2, 0.25) is 0 Å². The number of anilines is 1. The number of hydrogen-bond donors (Lipinski definition) is 2. The minimum Gasteiger partial charge on any atom is -0.493 e. The molecule has 0 aliphatic carbocycles. The maximum atomic E-state index is 12.8. The molecule has 1 amide bonds. The van der Waals surface area contributed by atoms with E-state index < -0.39 is 34.5 Å². The standard InChI is InChI=1S/C20H16F3N3O5/c1-30-15-8-7-13(9-16(15)31-2)26-18(28)14(10-24-19(26)29)17(27)25-12-5-3-11(4-6-12)20(21,22)23/h3-10H,1-2H3,(H,24,29)(H,25,27). The fourth-order valence-corrected chi connectivity index (χ4v) is 2.78. The van der Waals surface area contributed by atoms with Gasteiger partial charge in [0.05, 0.1) is 25.5 Å². The van der Waals surface area contributed by atoms with Crippen LogP contribution in [-0.2, 0) is 6.18 Å². The monoisotopic (exact) mass is 435 g/mol. The SMILES string of the molecule is COc1ccc(-n2c(=O)[nH]cc(C(=O)Nc3ccc(C(F)(F)F)cc3)c2=O)cc1OC. The zero-order valence-electron chi connectivity index (χ0n) is 16.2. The molecule has 0 saturated carbocycles. The number of methoxy groups -OCH3 is 2. The van der Waals surface area contributed by atoms with Crippen LogP contribution in [0.5, 0.6) is 11.5 Å². The predicted molar refractivity (Wildman–Crippen MR) is 105 cm³/mol. The van der Waals surface area contributed by atoms with Crippen molar-refractivity contribution in [2.75, 3.05) is 19.5 Å². The third-order valence-corrected chi connectivity index (χ3v) is 4.32. The normalized spacial score (nSPS) is 11.1. The van der Waals surface area contributed by atoms with Gasteiger partial charge in [-0.1, -0.05) is 0 Å². The lowest BCUT2D eigenvalue weighted by molar-refractivity contribution is -0.137. The highest BCUT2D eigenvalue weighted by Gasteiger charge is 2.30. The zero-order chi connectivity index (χ0) is 22.8. The summed E-state index contributed by atoms with van der Waals surface area (Å²) in [6.07, 6.45) is -3.59. The van der Waals surface area contributed by atoms with Crippen LogP contribution in [0.15, 0.2) is 58.3 Å². The number of rotatable bonds is 5. The number of aromatic nitrogens is 2. The maximum absolute atomic E-state index is 12.8. The van der Waals surface area contributed by atoms with Crippen LogP contribution in [0.3, 0.4) is 0 Å². The van der Waals surface area contributed by atoms with E-state index in [0.717, 1.165) is 35.0 Å². The van der Waals surface area contributed by atoms with E-state index in [1.165, 1.54) is 32.4 Å². The van der Waals surface area contributed by atoms with Gasteiger partial charge in [0, 0.05) is 18.0 Å². The van der Waals surface area contributed by atoms with E-state index in [1.807, 2.05) is 0 Å². The van der Waals surface area contributed by atoms with Crippen LogP contribution in [0.1, 0.15) is 15.9 Å². The number of hydrogen-bond acceptors (Lipinski definition) is 5. The fraction of sp³-hybridized carbons (Fsp3) is 0.150. The molecule has 31 heavy (non-hydrogen) atoms. The number of alkyl halides is 3. The summed E-state index contributed by atoms with van der Waals surface area (Å²) >= 11 is 0. The molecule has 162 valence electrons. The van der Waals surface area contributed by atoms with Crippen molar-refractivity contribution < 1.29 is 27.4 Å². The maximum Gasteiger partial charge on any atom is 0.416 e. The van der Waals surface area contributed by atoms with Gasteiger partial charge >= 0.3 is 11.9 Å². The molecule has 0 atom stereocenters. The summed E-state index contributed by atoms with van der Waals surface area (Å²) in [4.78, 5) is 39.9. The highest BCUT2D eigenvalue weighted by atomic mass is 19.4. The van der Waals surface area contributed by atoms with Crippen LogP contribution in [0.25, 0.3) is 5.69 Å². The van der Waals surface area contributed by atoms with Gasteiger partial charge in [-0.05, 0) is 36.4 Å². The molecule has 0 radical (unpaired) electrons. The van der Waals surface area contributed by atoms with Gasteiger partial charge in [0.1, 0.15) is 5.56 Å². The van der Waals surface area contributed by atoms with E-state index in [1.54, 1.807) is 0 Å². The Morgan fingerprint density at radius 2 is 1.65 bits per heavy atom. The first kappa shape index (κ1) is 21.7. The molecule has 0 saturated heterocycles. The number of amides is 1. The molecule has 0 unspecified atom stereocenters. The lowest BCUT2D eigenvalue weighted by Crippen LogP contribution is -2.38. The first-order chi connectivity index (χ1) is 14.7. The van der Waals surface area contributed by atoms with Gasteiger partial charge in [0.2, 0.25) is 0 Å². The molecule has 2 N–H and O–H groups in total. The van der Waals surface area contributed by atoms with Crippen LogP contribution >= 0.6 is 0 Å². The van der Waals surface area contributed by atoms with Crippen molar-refractivity contribution >= 4 is 11.6 Å². The van der Waals surface area contributed by atoms with Crippen molar-refractivity contribution in [3.8, 4) is 17.2 Å². The Morgan fingerprint density at radius 3 is 2.23 bits per heavy atom. The Morgan fingerprint density at radius 1 is 1.00 bits per heavy atom. The molecule has 1 heterocycles. The number of benzene rings is 2. The average molecular weight is 435 g/mol. The van der Waals surface area contributed by atoms with Crippen LogP contribution in [0.4, 0.5) is 18.9 Å². The minimum absolute atomic E-state index is 0.0428. The summed E-state index contributed by atoms with van der Waals surface area (Å²) in [5.74, 6) is -0.284. The van der Waals surface area contributed by atoms with E-state index in [-0.39, 0.29) is 17.1 Å². The molecule has 0 bridgehead atoms. The van der Waals surface area contributed by atoms with Crippen molar-refractivity contribution in [2.24, 2.45) is 0 Å². The fourth-order valence-electron chi connectivity index (χ4n) is 2.78. The highest BCUT2D eigenvalue weighted by molar-refractivity contribution is 6.03. The molecule has 8 nitrogen and oxygen atoms in total. The van der Waals surface area contributed by atoms with Crippen molar-refractivity contribution in [1.82, 2.24) is 9.55 Å². The van der Waals surface area contributed by atoms with E-state index in [2.05, 4.69) is 10.3 Å². The predicted octanol–water partition coefficient (Wildman–Crippen LogP) is 2.81. The van der Waals surface area contributed by atoms with E-state index >= 15 is 0 Å². The highest BCUT2D eigenvalue weighted by Crippen LogP contribution is 2.30. The average Bonchev–Trinajstić information content (AvgIpc) is 2.73. The summed E-state index contributed by atoms with van der Waals surface area (Å²) in [5, 5.41) is 2.33. The number of ether oxygens (including phenoxy) is 2. The summed E-state index contributed by atoms with van der Waals surface area (Å²) in [7, 11) is 2.80. The van der Waals surface area contributed by atoms with Gasteiger partial charge < -0.3 is 19.8 Å². The smallest absolute Gasteiger partial charge is 0.416 e. The summed E-state index contributed by atoms with van der Waals surface area (Å²) in [6.45, 7) is 0. The van der Waals surface area contributed by atoms with Gasteiger partial charge in [-0.15, -0.1) is 0 Å². The molecule has 0 aliphatic heterocycles. The Hall–Kier alpha value is -4.02. The third-order valence-electron chi connectivity index (χ3n) is 4.32. The van der Waals surface area contributed by atoms with E-state index in [4.69, 9.17) is 9.47 Å². The minimum atomic E-state index is -4.52. The molecule has 2 aromatic carbocycles. The van der Waals surface area contributed by atoms with Crippen molar-refractivity contribution in [2.45, 2.75) is 6.18 Å². The Balaban J connectivity index is 1.96. The van der Waals surface area contributed by atoms with Gasteiger partial charge in [0.25, 0.3) is 11.5 Å². The first-order valence-electron chi connectivity index (χ1n) is 8.71. The number of nitrogens with one attached hydrogen (secondary N) is 2. The lowest BCUT2D eigenvalue weighted by Gasteiger charge is -2.12. The number of carbonyl (C=O) groups excluding carboxylic acids is 1. The second-order valence-electron chi connectivity index (χ2n) is 6.22. The Labute approximate surface area is 172 Å². The second-order valence-corrected chi connectivity index (χ2v) is 6.22. The van der Waals surface area contributed by atoms with Crippen molar-refractivity contribution in [3.63, 3.8) is 0 Å². The molecular formula is C20H16F3N3O5. The molecule has 3 rings (SSSR count). The second kappa shape index (κ2) is 8.38. The number of H-pyrrole nitrogens is 1. The molecule has 11 heteroatoms. The lowest BCUT2D eigenvalue weighted by atomic mass is 10.2. The van der Waals surface area contributed by atoms with Crippen LogP contribution < -0.4 is 26.0 Å². The molecular weight excluding hydrogens is 419 g/mol. The van der Waals surface area contributed by atoms with Gasteiger partial charge in [0.15, 0.2) is 11.5 Å². The van der Waals surface area contributed by atoms with Gasteiger partial charge in [-0.2, -0.15) is 13.2 Å². The first-order valence-corrected chi connectivity index (χ1v) is 8.71. The van der Waals surface area contributed by atoms with Crippen molar-refractivity contribution in [1.29, 1.82) is 0 Å². The van der Waals surface area contributed by atoms with Gasteiger partial charge in [-0.3, -0.25) is 9.59 Å². The summed E-state index contributed by atoms with van der Waals surface area (Å²) in [5.41, 5.74) is -2.88. The Kier molecular flexibility index (Phi) is 5.86. The molecule has 0 aliphatic rings. The number of halogens is 3. The van der Waals surface area contributed by atoms with E-state index in [0.29, 0.717) is 5.75 Å².